The lowest BCUT2D eigenvalue weighted by Gasteiger charge is -2.11. The number of methoxy groups -OCH3 is 2. The molecule has 0 radical (unpaired) electrons. The molecular weight excluding hydrogens is 414 g/mol. The zero-order valence-corrected chi connectivity index (χ0v) is 18.3. The zero-order valence-electron chi connectivity index (χ0n) is 17.5. The van der Waals surface area contributed by atoms with Gasteiger partial charge >= 0.3 is 5.97 Å². The molecule has 7 heteroatoms. The van der Waals surface area contributed by atoms with E-state index in [2.05, 4.69) is 5.32 Å². The second-order valence-electron chi connectivity index (χ2n) is 6.38. The van der Waals surface area contributed by atoms with Crippen molar-refractivity contribution in [3.8, 4) is 22.6 Å². The Morgan fingerprint density at radius 3 is 2.45 bits per heavy atom. The number of nitrogens with one attached hydrogen (secondary N) is 1. The molecular formula is C24H23NO5S. The third-order valence-electron chi connectivity index (χ3n) is 4.43. The van der Waals surface area contributed by atoms with E-state index in [1.54, 1.807) is 39.4 Å². The van der Waals surface area contributed by atoms with Crippen molar-refractivity contribution >= 4 is 34.3 Å². The fraction of sp³-hybridized carbons (Fsp3) is 0.167. The molecule has 6 nitrogen and oxygen atoms in total. The normalized spacial score (nSPS) is 10.7. The van der Waals surface area contributed by atoms with Crippen LogP contribution >= 0.6 is 11.3 Å². The SMILES string of the molecule is CCOC(=O)c1c(-c2ccc(OC)c(OC)c2)csc1NC(=O)/C=C/c1ccccc1. The molecule has 0 spiro atoms. The van der Waals surface area contributed by atoms with Crippen LogP contribution in [0.1, 0.15) is 22.8 Å². The molecule has 1 heterocycles. The van der Waals surface area contributed by atoms with Crippen LogP contribution in [0, 0.1) is 0 Å². The van der Waals surface area contributed by atoms with Gasteiger partial charge in [0.25, 0.3) is 0 Å². The van der Waals surface area contributed by atoms with Gasteiger partial charge in [0.15, 0.2) is 11.5 Å². The molecule has 160 valence electrons. The molecule has 0 saturated heterocycles. The molecule has 0 aliphatic rings. The number of amides is 1. The van der Waals surface area contributed by atoms with Crippen LogP contribution in [0.3, 0.4) is 0 Å². The summed E-state index contributed by atoms with van der Waals surface area (Å²) in [6.45, 7) is 1.96. The number of thiophene rings is 1. The molecule has 0 saturated carbocycles. The number of ether oxygens (including phenoxy) is 3. The fourth-order valence-electron chi connectivity index (χ4n) is 2.96. The van der Waals surface area contributed by atoms with Crippen molar-refractivity contribution in [1.29, 1.82) is 0 Å². The topological polar surface area (TPSA) is 73.9 Å². The Hall–Kier alpha value is -3.58. The van der Waals surface area contributed by atoms with Crippen molar-refractivity contribution in [3.05, 3.63) is 71.1 Å². The van der Waals surface area contributed by atoms with Crippen LogP contribution in [0.15, 0.2) is 60.0 Å². The van der Waals surface area contributed by atoms with E-state index >= 15 is 0 Å². The quantitative estimate of drug-likeness (QED) is 0.384. The smallest absolute Gasteiger partial charge is 0.341 e. The van der Waals surface area contributed by atoms with Gasteiger partial charge in [-0.1, -0.05) is 36.4 Å². The Balaban J connectivity index is 1.93. The van der Waals surface area contributed by atoms with Crippen molar-refractivity contribution in [2.45, 2.75) is 6.92 Å². The Morgan fingerprint density at radius 2 is 1.77 bits per heavy atom. The summed E-state index contributed by atoms with van der Waals surface area (Å²) in [5, 5.41) is 5.03. The largest absolute Gasteiger partial charge is 0.493 e. The number of benzene rings is 2. The van der Waals surface area contributed by atoms with E-state index in [4.69, 9.17) is 14.2 Å². The van der Waals surface area contributed by atoms with Gasteiger partial charge in [-0.05, 0) is 36.3 Å². The maximum absolute atomic E-state index is 12.7. The minimum Gasteiger partial charge on any atom is -0.493 e. The number of hydrogen-bond donors (Lipinski definition) is 1. The van der Waals surface area contributed by atoms with Crippen LogP contribution < -0.4 is 14.8 Å². The predicted octanol–water partition coefficient (Wildman–Crippen LogP) is 5.26. The van der Waals surface area contributed by atoms with Gasteiger partial charge in [0.1, 0.15) is 10.6 Å². The number of carbonyl (C=O) groups excluding carboxylic acids is 2. The van der Waals surface area contributed by atoms with Gasteiger partial charge in [0.2, 0.25) is 5.91 Å². The molecule has 1 amide bonds. The second-order valence-corrected chi connectivity index (χ2v) is 7.26. The van der Waals surface area contributed by atoms with Crippen molar-refractivity contribution in [1.82, 2.24) is 0 Å². The van der Waals surface area contributed by atoms with Crippen LogP contribution in [0.5, 0.6) is 11.5 Å². The fourth-order valence-corrected chi connectivity index (χ4v) is 3.92. The number of rotatable bonds is 8. The predicted molar refractivity (Wildman–Crippen MR) is 123 cm³/mol. The van der Waals surface area contributed by atoms with E-state index in [-0.39, 0.29) is 12.5 Å². The summed E-state index contributed by atoms with van der Waals surface area (Å²) in [6.07, 6.45) is 3.14. The van der Waals surface area contributed by atoms with Gasteiger partial charge < -0.3 is 19.5 Å². The number of anilines is 1. The second kappa shape index (κ2) is 10.4. The number of carbonyl (C=O) groups is 2. The summed E-state index contributed by atoms with van der Waals surface area (Å²) >= 11 is 1.26. The lowest BCUT2D eigenvalue weighted by Crippen LogP contribution is -2.12. The Morgan fingerprint density at radius 1 is 1.03 bits per heavy atom. The molecule has 0 aliphatic carbocycles. The molecule has 1 N–H and O–H groups in total. The lowest BCUT2D eigenvalue weighted by molar-refractivity contribution is -0.111. The maximum Gasteiger partial charge on any atom is 0.341 e. The van der Waals surface area contributed by atoms with E-state index in [0.717, 1.165) is 11.1 Å². The van der Waals surface area contributed by atoms with Gasteiger partial charge in [-0.3, -0.25) is 4.79 Å². The zero-order chi connectivity index (χ0) is 22.2. The van der Waals surface area contributed by atoms with Crippen molar-refractivity contribution in [3.63, 3.8) is 0 Å². The summed E-state index contributed by atoms with van der Waals surface area (Å²) in [7, 11) is 3.11. The highest BCUT2D eigenvalue weighted by molar-refractivity contribution is 7.15. The standard InChI is InChI=1S/C24H23NO5S/c1-4-30-24(27)22-18(17-11-12-19(28-2)20(14-17)29-3)15-31-23(22)25-21(26)13-10-16-8-6-5-7-9-16/h5-15H,4H2,1-3H3,(H,25,26)/b13-10+. The third kappa shape index (κ3) is 5.32. The highest BCUT2D eigenvalue weighted by atomic mass is 32.1. The first-order valence-corrected chi connectivity index (χ1v) is 10.5. The van der Waals surface area contributed by atoms with Gasteiger partial charge in [0.05, 0.1) is 20.8 Å². The molecule has 0 bridgehead atoms. The lowest BCUT2D eigenvalue weighted by atomic mass is 10.0. The highest BCUT2D eigenvalue weighted by Crippen LogP contribution is 2.39. The van der Waals surface area contributed by atoms with E-state index < -0.39 is 5.97 Å². The molecule has 0 aliphatic heterocycles. The van der Waals surface area contributed by atoms with Crippen molar-refractivity contribution in [2.75, 3.05) is 26.1 Å². The van der Waals surface area contributed by atoms with Crippen LogP contribution in [-0.2, 0) is 9.53 Å². The minimum absolute atomic E-state index is 0.224. The van der Waals surface area contributed by atoms with Crippen LogP contribution in [0.25, 0.3) is 17.2 Å². The molecule has 2 aromatic carbocycles. The first kappa shape index (κ1) is 22.1. The van der Waals surface area contributed by atoms with Gasteiger partial charge in [-0.25, -0.2) is 4.79 Å². The summed E-state index contributed by atoms with van der Waals surface area (Å²) in [5.74, 6) is 0.280. The Kier molecular flexibility index (Phi) is 7.45. The van der Waals surface area contributed by atoms with Crippen LogP contribution in [0.4, 0.5) is 5.00 Å². The molecule has 0 atom stereocenters. The summed E-state index contributed by atoms with van der Waals surface area (Å²) in [6, 6.07) is 14.9. The molecule has 31 heavy (non-hydrogen) atoms. The first-order chi connectivity index (χ1) is 15.1. The molecule has 0 fully saturated rings. The molecule has 3 aromatic rings. The molecule has 0 unspecified atom stereocenters. The van der Waals surface area contributed by atoms with Crippen molar-refractivity contribution in [2.24, 2.45) is 0 Å². The van der Waals surface area contributed by atoms with E-state index in [9.17, 15) is 9.59 Å². The van der Waals surface area contributed by atoms with Crippen LogP contribution in [-0.4, -0.2) is 32.7 Å². The van der Waals surface area contributed by atoms with Gasteiger partial charge in [0, 0.05) is 17.0 Å². The Labute approximate surface area is 185 Å². The first-order valence-electron chi connectivity index (χ1n) is 9.62. The number of hydrogen-bond acceptors (Lipinski definition) is 6. The summed E-state index contributed by atoms with van der Waals surface area (Å²) in [5.41, 5.74) is 2.60. The van der Waals surface area contributed by atoms with E-state index in [0.29, 0.717) is 27.6 Å². The summed E-state index contributed by atoms with van der Waals surface area (Å²) < 4.78 is 15.9. The average Bonchev–Trinajstić information content (AvgIpc) is 3.21. The monoisotopic (exact) mass is 437 g/mol. The number of esters is 1. The van der Waals surface area contributed by atoms with E-state index in [1.165, 1.54) is 17.4 Å². The average molecular weight is 438 g/mol. The highest BCUT2D eigenvalue weighted by Gasteiger charge is 2.23. The summed E-state index contributed by atoms with van der Waals surface area (Å²) in [4.78, 5) is 25.2. The van der Waals surface area contributed by atoms with E-state index in [1.807, 2.05) is 41.8 Å². The maximum atomic E-state index is 12.7. The molecule has 1 aromatic heterocycles. The van der Waals surface area contributed by atoms with Gasteiger partial charge in [-0.2, -0.15) is 0 Å². The van der Waals surface area contributed by atoms with Gasteiger partial charge in [-0.15, -0.1) is 11.3 Å². The van der Waals surface area contributed by atoms with Crippen LogP contribution in [0.2, 0.25) is 0 Å². The van der Waals surface area contributed by atoms with Crippen molar-refractivity contribution < 1.29 is 23.8 Å². The minimum atomic E-state index is -0.504. The third-order valence-corrected chi connectivity index (χ3v) is 5.32. The Bertz CT molecular complexity index is 1090. The molecule has 3 rings (SSSR count).